The molecule has 0 spiro atoms. The number of fused-ring (bicyclic) bond motifs is 1. The average molecular weight is 247 g/mol. The molecular weight excluding hydrogens is 234 g/mol. The zero-order chi connectivity index (χ0) is 11.7. The van der Waals surface area contributed by atoms with E-state index in [1.54, 1.807) is 6.20 Å². The normalized spacial score (nSPS) is 20.2. The van der Waals surface area contributed by atoms with Crippen LogP contribution in [0.2, 0.25) is 0 Å². The molecule has 2 heterocycles. The Bertz CT molecular complexity index is 498. The number of hydrazine groups is 1. The number of hydrogen-bond acceptors (Lipinski definition) is 6. The van der Waals surface area contributed by atoms with Crippen LogP contribution in [0.3, 0.4) is 0 Å². The van der Waals surface area contributed by atoms with E-state index >= 15 is 0 Å². The van der Waals surface area contributed by atoms with Crippen LogP contribution in [0.5, 0.6) is 0 Å². The summed E-state index contributed by atoms with van der Waals surface area (Å²) in [5, 5.41) is 3.87. The van der Waals surface area contributed by atoms with E-state index in [-0.39, 0.29) is 6.04 Å². The van der Waals surface area contributed by atoms with Crippen LogP contribution in [0.1, 0.15) is 34.5 Å². The number of nitrogens with one attached hydrogen (secondary N) is 1. The molecule has 0 bridgehead atoms. The summed E-state index contributed by atoms with van der Waals surface area (Å²) in [6, 6.07) is 4.19. The van der Waals surface area contributed by atoms with Gasteiger partial charge in [-0.15, -0.1) is 5.10 Å². The number of aryl methyl sites for hydroxylation is 1. The largest absolute Gasteiger partial charge is 0.271 e. The Morgan fingerprint density at radius 1 is 1.53 bits per heavy atom. The number of hydrogen-bond donors (Lipinski definition) is 2. The van der Waals surface area contributed by atoms with Crippen molar-refractivity contribution < 1.29 is 0 Å². The van der Waals surface area contributed by atoms with Gasteiger partial charge in [0.1, 0.15) is 0 Å². The molecule has 88 valence electrons. The summed E-state index contributed by atoms with van der Waals surface area (Å²) in [5.41, 5.74) is 5.36. The van der Waals surface area contributed by atoms with Gasteiger partial charge in [0, 0.05) is 17.8 Å². The fourth-order valence-corrected chi connectivity index (χ4v) is 3.11. The maximum atomic E-state index is 5.67. The van der Waals surface area contributed by atoms with Gasteiger partial charge in [-0.2, -0.15) is 0 Å². The van der Waals surface area contributed by atoms with E-state index in [4.69, 9.17) is 5.84 Å². The molecule has 0 amide bonds. The highest BCUT2D eigenvalue weighted by Gasteiger charge is 2.32. The minimum atomic E-state index is 0.0612. The average Bonchev–Trinajstić information content (AvgIpc) is 3.01. The van der Waals surface area contributed by atoms with Crippen LogP contribution >= 0.6 is 11.5 Å². The van der Waals surface area contributed by atoms with Gasteiger partial charge in [0.2, 0.25) is 0 Å². The van der Waals surface area contributed by atoms with Gasteiger partial charge in [-0.3, -0.25) is 16.3 Å². The molecule has 17 heavy (non-hydrogen) atoms. The topological polar surface area (TPSA) is 76.7 Å². The predicted molar refractivity (Wildman–Crippen MR) is 65.3 cm³/mol. The van der Waals surface area contributed by atoms with E-state index in [1.165, 1.54) is 17.1 Å². The molecular formula is C11H13N5S. The van der Waals surface area contributed by atoms with Gasteiger partial charge in [0.25, 0.3) is 0 Å². The smallest absolute Gasteiger partial charge is 0.0670 e. The highest BCUT2D eigenvalue weighted by molar-refractivity contribution is 7.05. The molecule has 3 N–H and O–H groups in total. The van der Waals surface area contributed by atoms with Gasteiger partial charge in [-0.25, -0.2) is 0 Å². The van der Waals surface area contributed by atoms with Crippen LogP contribution < -0.4 is 11.3 Å². The first kappa shape index (κ1) is 10.8. The summed E-state index contributed by atoms with van der Waals surface area (Å²) in [6.45, 7) is 0. The van der Waals surface area contributed by atoms with Crippen LogP contribution in [-0.4, -0.2) is 14.6 Å². The number of nitrogens with two attached hydrogens (primary N) is 1. The lowest BCUT2D eigenvalue weighted by atomic mass is 9.96. The highest BCUT2D eigenvalue weighted by atomic mass is 32.1. The lowest BCUT2D eigenvalue weighted by molar-refractivity contribution is 0.452. The number of aromatic nitrogens is 3. The molecule has 0 radical (unpaired) electrons. The Hall–Kier alpha value is -1.37. The minimum Gasteiger partial charge on any atom is -0.271 e. The predicted octanol–water partition coefficient (Wildman–Crippen LogP) is 1.17. The van der Waals surface area contributed by atoms with E-state index in [0.29, 0.717) is 5.92 Å². The van der Waals surface area contributed by atoms with Gasteiger partial charge in [0.15, 0.2) is 0 Å². The lowest BCUT2D eigenvalue weighted by Gasteiger charge is -2.20. The number of nitrogens with zero attached hydrogens (tertiary/aromatic N) is 3. The first-order valence-corrected chi connectivity index (χ1v) is 6.34. The summed E-state index contributed by atoms with van der Waals surface area (Å²) >= 11 is 1.39. The summed E-state index contributed by atoms with van der Waals surface area (Å²) in [7, 11) is 0. The lowest BCUT2D eigenvalue weighted by Crippen LogP contribution is -2.31. The van der Waals surface area contributed by atoms with E-state index in [2.05, 4.69) is 26.1 Å². The molecule has 2 unspecified atom stereocenters. The fourth-order valence-electron chi connectivity index (χ4n) is 2.48. The van der Waals surface area contributed by atoms with Crippen molar-refractivity contribution in [2.45, 2.75) is 24.8 Å². The highest BCUT2D eigenvalue weighted by Crippen LogP contribution is 2.40. The molecule has 1 aliphatic rings. The molecule has 1 aliphatic carbocycles. The summed E-state index contributed by atoms with van der Waals surface area (Å²) in [5.74, 6) is 5.99. The molecule has 5 nitrogen and oxygen atoms in total. The maximum absolute atomic E-state index is 5.67. The second-order valence-electron chi connectivity index (χ2n) is 4.16. The van der Waals surface area contributed by atoms with Gasteiger partial charge in [-0.05, 0) is 36.0 Å². The molecule has 0 saturated carbocycles. The van der Waals surface area contributed by atoms with Crippen molar-refractivity contribution in [2.24, 2.45) is 5.84 Å². The molecule has 2 atom stereocenters. The zero-order valence-electron chi connectivity index (χ0n) is 9.21. The number of rotatable bonds is 3. The Balaban J connectivity index is 1.95. The molecule has 2 aromatic heterocycles. The molecule has 0 fully saturated rings. The molecule has 2 aromatic rings. The Labute approximate surface area is 103 Å². The monoisotopic (exact) mass is 247 g/mol. The van der Waals surface area contributed by atoms with Crippen molar-refractivity contribution in [2.75, 3.05) is 0 Å². The van der Waals surface area contributed by atoms with Crippen molar-refractivity contribution in [3.63, 3.8) is 0 Å². The van der Waals surface area contributed by atoms with Crippen molar-refractivity contribution in [3.05, 3.63) is 40.7 Å². The third-order valence-electron chi connectivity index (χ3n) is 3.27. The Kier molecular flexibility index (Phi) is 2.84. The van der Waals surface area contributed by atoms with E-state index in [9.17, 15) is 0 Å². The summed E-state index contributed by atoms with van der Waals surface area (Å²) < 4.78 is 3.89. The second kappa shape index (κ2) is 4.48. The van der Waals surface area contributed by atoms with Crippen LogP contribution in [0, 0.1) is 0 Å². The summed E-state index contributed by atoms with van der Waals surface area (Å²) in [6.07, 6.45) is 5.75. The summed E-state index contributed by atoms with van der Waals surface area (Å²) in [4.78, 5) is 5.55. The Morgan fingerprint density at radius 3 is 3.24 bits per heavy atom. The fraction of sp³-hybridized carbons (Fsp3) is 0.364. The van der Waals surface area contributed by atoms with E-state index < -0.39 is 0 Å². The van der Waals surface area contributed by atoms with Gasteiger partial charge < -0.3 is 0 Å². The Morgan fingerprint density at radius 2 is 2.47 bits per heavy atom. The van der Waals surface area contributed by atoms with Crippen LogP contribution in [-0.2, 0) is 6.42 Å². The van der Waals surface area contributed by atoms with Crippen molar-refractivity contribution >= 4 is 11.5 Å². The van der Waals surface area contributed by atoms with Crippen molar-refractivity contribution in [1.82, 2.24) is 20.0 Å². The van der Waals surface area contributed by atoms with Gasteiger partial charge in [0.05, 0.1) is 17.1 Å². The van der Waals surface area contributed by atoms with Crippen LogP contribution in [0.4, 0.5) is 0 Å². The second-order valence-corrected chi connectivity index (χ2v) is 4.97. The van der Waals surface area contributed by atoms with Crippen molar-refractivity contribution in [3.8, 4) is 0 Å². The molecule has 0 saturated heterocycles. The zero-order valence-corrected chi connectivity index (χ0v) is 10.0. The van der Waals surface area contributed by atoms with E-state index in [1.807, 2.05) is 12.3 Å². The first-order valence-electron chi connectivity index (χ1n) is 5.57. The standard InChI is InChI=1S/C11H13N5S/c12-15-11(9-6-14-16-17-9)8-4-3-7-2-1-5-13-10(7)8/h1-2,5-6,8,11,15H,3-4,12H2. The van der Waals surface area contributed by atoms with Crippen LogP contribution in [0.25, 0.3) is 0 Å². The van der Waals surface area contributed by atoms with Crippen LogP contribution in [0.15, 0.2) is 24.5 Å². The quantitative estimate of drug-likeness (QED) is 0.629. The van der Waals surface area contributed by atoms with Gasteiger partial charge >= 0.3 is 0 Å². The minimum absolute atomic E-state index is 0.0612. The number of pyridine rings is 1. The molecule has 6 heteroatoms. The van der Waals surface area contributed by atoms with Crippen molar-refractivity contribution in [1.29, 1.82) is 0 Å². The van der Waals surface area contributed by atoms with Gasteiger partial charge in [-0.1, -0.05) is 10.6 Å². The first-order chi connectivity index (χ1) is 8.40. The third kappa shape index (κ3) is 1.84. The van der Waals surface area contributed by atoms with E-state index in [0.717, 1.165) is 23.4 Å². The third-order valence-corrected chi connectivity index (χ3v) is 4.01. The molecule has 0 aromatic carbocycles. The molecule has 0 aliphatic heterocycles. The SMILES string of the molecule is NNC(c1cnns1)C1CCc2cccnc21. The maximum Gasteiger partial charge on any atom is 0.0670 e. The molecule has 3 rings (SSSR count).